The lowest BCUT2D eigenvalue weighted by Crippen LogP contribution is -2.56. The van der Waals surface area contributed by atoms with Crippen LogP contribution < -0.4 is 9.62 Å². The molecular weight excluding hydrogens is 718 g/mol. The van der Waals surface area contributed by atoms with E-state index in [2.05, 4.69) is 37.2 Å². The van der Waals surface area contributed by atoms with Crippen molar-refractivity contribution in [2.45, 2.75) is 57.1 Å². The normalized spacial score (nSPS) is 12.3. The van der Waals surface area contributed by atoms with Gasteiger partial charge in [0.2, 0.25) is 11.8 Å². The lowest BCUT2D eigenvalue weighted by atomic mass is 10.0. The average Bonchev–Trinajstić information content (AvgIpc) is 2.98. The third-order valence-corrected chi connectivity index (χ3v) is 9.82. The maximum Gasteiger partial charge on any atom is 0.264 e. The summed E-state index contributed by atoms with van der Waals surface area (Å²) >= 11 is 6.92. The Labute approximate surface area is 283 Å². The van der Waals surface area contributed by atoms with Crippen LogP contribution in [0.15, 0.2) is 117 Å². The second-order valence-electron chi connectivity index (χ2n) is 11.9. The first-order chi connectivity index (χ1) is 21.2. The first-order valence-corrected chi connectivity index (χ1v) is 17.5. The zero-order chi connectivity index (χ0) is 32.8. The molecule has 4 aromatic rings. The predicted octanol–water partition coefficient (Wildman–Crippen LogP) is 7.27. The fourth-order valence-corrected chi connectivity index (χ4v) is 6.94. The molecular formula is C35H37Br2N3O4S. The number of rotatable bonds is 11. The molecule has 2 amide bonds. The second kappa shape index (κ2) is 14.7. The van der Waals surface area contributed by atoms with Crippen molar-refractivity contribution >= 4 is 59.4 Å². The Balaban J connectivity index is 1.81. The maximum absolute atomic E-state index is 14.5. The topological polar surface area (TPSA) is 86.8 Å². The summed E-state index contributed by atoms with van der Waals surface area (Å²) in [5, 5.41) is 3.05. The lowest BCUT2D eigenvalue weighted by Gasteiger charge is -2.35. The Bertz CT molecular complexity index is 1720. The van der Waals surface area contributed by atoms with Crippen LogP contribution in [0.25, 0.3) is 0 Å². The van der Waals surface area contributed by atoms with Gasteiger partial charge in [-0.25, -0.2) is 8.42 Å². The highest BCUT2D eigenvalue weighted by molar-refractivity contribution is 9.10. The number of amides is 2. The molecule has 0 fully saturated rings. The number of anilines is 1. The Morgan fingerprint density at radius 2 is 1.42 bits per heavy atom. The van der Waals surface area contributed by atoms with Gasteiger partial charge >= 0.3 is 0 Å². The highest BCUT2D eigenvalue weighted by atomic mass is 79.9. The van der Waals surface area contributed by atoms with E-state index in [0.29, 0.717) is 5.69 Å². The van der Waals surface area contributed by atoms with Gasteiger partial charge in [-0.05, 0) is 87.4 Å². The van der Waals surface area contributed by atoms with Crippen molar-refractivity contribution in [3.8, 4) is 0 Å². The third kappa shape index (κ3) is 9.51. The molecule has 1 unspecified atom stereocenters. The standard InChI is InChI=1S/C35H37Br2N3O4S/c1-25-13-19-31(20-14-25)45(43,44)40(30-17-15-28(36)16-18-30)24-33(41)39(23-27-11-8-12-29(37)21-27)32(34(42)38-35(2,3)4)22-26-9-6-5-7-10-26/h5-21,32H,22-24H2,1-4H3,(H,38,42). The molecule has 1 atom stereocenters. The van der Waals surface area contributed by atoms with Crippen LogP contribution in [0, 0.1) is 6.92 Å². The number of halogens is 2. The van der Waals surface area contributed by atoms with Crippen LogP contribution in [0.3, 0.4) is 0 Å². The summed E-state index contributed by atoms with van der Waals surface area (Å²) < 4.78 is 31.0. The molecule has 0 heterocycles. The van der Waals surface area contributed by atoms with Gasteiger partial charge in [0.05, 0.1) is 10.6 Å². The molecule has 0 saturated carbocycles. The zero-order valence-electron chi connectivity index (χ0n) is 25.7. The van der Waals surface area contributed by atoms with Crippen LogP contribution in [-0.4, -0.2) is 43.3 Å². The number of nitrogens with zero attached hydrogens (tertiary/aromatic N) is 2. The summed E-state index contributed by atoms with van der Waals surface area (Å²) in [4.78, 5) is 30.1. The van der Waals surface area contributed by atoms with Crippen LogP contribution in [0.1, 0.15) is 37.5 Å². The van der Waals surface area contributed by atoms with Crippen molar-refractivity contribution in [2.24, 2.45) is 0 Å². The quantitative estimate of drug-likeness (QED) is 0.175. The van der Waals surface area contributed by atoms with Gasteiger partial charge in [0.1, 0.15) is 12.6 Å². The minimum atomic E-state index is -4.16. The third-order valence-electron chi connectivity index (χ3n) is 7.01. The van der Waals surface area contributed by atoms with Gasteiger partial charge in [0.15, 0.2) is 0 Å². The molecule has 0 aliphatic carbocycles. The molecule has 0 aromatic heterocycles. The van der Waals surface area contributed by atoms with E-state index >= 15 is 0 Å². The Morgan fingerprint density at radius 1 is 0.800 bits per heavy atom. The van der Waals surface area contributed by atoms with E-state index in [1.54, 1.807) is 36.4 Å². The first-order valence-electron chi connectivity index (χ1n) is 14.5. The molecule has 7 nitrogen and oxygen atoms in total. The number of benzene rings is 4. The maximum atomic E-state index is 14.5. The monoisotopic (exact) mass is 753 g/mol. The van der Waals surface area contributed by atoms with E-state index in [-0.39, 0.29) is 23.8 Å². The Morgan fingerprint density at radius 3 is 2.02 bits per heavy atom. The Kier molecular flexibility index (Phi) is 11.3. The van der Waals surface area contributed by atoms with Crippen molar-refractivity contribution in [1.29, 1.82) is 0 Å². The van der Waals surface area contributed by atoms with Crippen LogP contribution in [0.4, 0.5) is 5.69 Å². The lowest BCUT2D eigenvalue weighted by molar-refractivity contribution is -0.140. The number of aryl methyl sites for hydroxylation is 1. The van der Waals surface area contributed by atoms with E-state index in [0.717, 1.165) is 29.9 Å². The molecule has 10 heteroatoms. The van der Waals surface area contributed by atoms with Gasteiger partial charge in [-0.15, -0.1) is 0 Å². The van der Waals surface area contributed by atoms with Crippen LogP contribution in [-0.2, 0) is 32.6 Å². The number of carbonyl (C=O) groups is 2. The SMILES string of the molecule is Cc1ccc(S(=O)(=O)N(CC(=O)N(Cc2cccc(Br)c2)C(Cc2ccccc2)C(=O)NC(C)(C)C)c2ccc(Br)cc2)cc1. The molecule has 0 aliphatic heterocycles. The van der Waals surface area contributed by atoms with Crippen LogP contribution in [0.5, 0.6) is 0 Å². The smallest absolute Gasteiger partial charge is 0.264 e. The van der Waals surface area contributed by atoms with E-state index in [1.807, 2.05) is 82.3 Å². The predicted molar refractivity (Wildman–Crippen MR) is 186 cm³/mol. The van der Waals surface area contributed by atoms with E-state index < -0.39 is 34.1 Å². The summed E-state index contributed by atoms with van der Waals surface area (Å²) in [7, 11) is -4.16. The van der Waals surface area contributed by atoms with Crippen molar-refractivity contribution in [3.63, 3.8) is 0 Å². The number of hydrogen-bond donors (Lipinski definition) is 1. The van der Waals surface area contributed by atoms with Gasteiger partial charge in [-0.2, -0.15) is 0 Å². The van der Waals surface area contributed by atoms with Crippen molar-refractivity contribution in [2.75, 3.05) is 10.8 Å². The Hall–Kier alpha value is -3.47. The average molecular weight is 756 g/mol. The molecule has 4 rings (SSSR count). The van der Waals surface area contributed by atoms with Gasteiger partial charge in [-0.1, -0.05) is 92.0 Å². The zero-order valence-corrected chi connectivity index (χ0v) is 29.7. The summed E-state index contributed by atoms with van der Waals surface area (Å²) in [6.45, 7) is 7.10. The molecule has 4 aromatic carbocycles. The number of sulfonamides is 1. The van der Waals surface area contributed by atoms with Crippen LogP contribution >= 0.6 is 31.9 Å². The first kappa shape index (κ1) is 34.4. The summed E-state index contributed by atoms with van der Waals surface area (Å²) in [6, 6.07) is 29.3. The van der Waals surface area contributed by atoms with Crippen LogP contribution in [0.2, 0.25) is 0 Å². The largest absolute Gasteiger partial charge is 0.350 e. The second-order valence-corrected chi connectivity index (χ2v) is 15.6. The van der Waals surface area contributed by atoms with Gasteiger partial charge in [-0.3, -0.25) is 13.9 Å². The number of hydrogen-bond acceptors (Lipinski definition) is 4. The van der Waals surface area contributed by atoms with E-state index in [1.165, 1.54) is 17.0 Å². The number of nitrogens with one attached hydrogen (secondary N) is 1. The fourth-order valence-electron chi connectivity index (χ4n) is 4.81. The van der Waals surface area contributed by atoms with Gasteiger partial charge in [0.25, 0.3) is 10.0 Å². The molecule has 236 valence electrons. The molecule has 0 bridgehead atoms. The molecule has 1 N–H and O–H groups in total. The molecule has 0 radical (unpaired) electrons. The van der Waals surface area contributed by atoms with Gasteiger partial charge < -0.3 is 10.2 Å². The summed E-state index contributed by atoms with van der Waals surface area (Å²) in [5.74, 6) is -0.843. The van der Waals surface area contributed by atoms with Crippen molar-refractivity contribution in [3.05, 3.63) is 129 Å². The summed E-state index contributed by atoms with van der Waals surface area (Å²) in [5.41, 5.74) is 2.34. The molecule has 0 aliphatic rings. The summed E-state index contributed by atoms with van der Waals surface area (Å²) in [6.07, 6.45) is 0.242. The molecule has 0 saturated heterocycles. The van der Waals surface area contributed by atoms with Crippen molar-refractivity contribution < 1.29 is 18.0 Å². The number of carbonyl (C=O) groups excluding carboxylic acids is 2. The highest BCUT2D eigenvalue weighted by Crippen LogP contribution is 2.27. The van der Waals surface area contributed by atoms with Crippen molar-refractivity contribution in [1.82, 2.24) is 10.2 Å². The molecule has 45 heavy (non-hydrogen) atoms. The molecule has 0 spiro atoms. The van der Waals surface area contributed by atoms with E-state index in [4.69, 9.17) is 0 Å². The van der Waals surface area contributed by atoms with Gasteiger partial charge in [0, 0.05) is 27.4 Å². The highest BCUT2D eigenvalue weighted by Gasteiger charge is 2.35. The minimum absolute atomic E-state index is 0.0636. The fraction of sp³-hybridized carbons (Fsp3) is 0.257. The van der Waals surface area contributed by atoms with E-state index in [9.17, 15) is 18.0 Å². The minimum Gasteiger partial charge on any atom is -0.350 e.